The van der Waals surface area contributed by atoms with Crippen LogP contribution in [-0.2, 0) is 25.9 Å². The summed E-state index contributed by atoms with van der Waals surface area (Å²) in [6.45, 7) is 8.19. The van der Waals surface area contributed by atoms with Gasteiger partial charge in [0.1, 0.15) is 0 Å². The van der Waals surface area contributed by atoms with Crippen molar-refractivity contribution in [1.82, 2.24) is 10.6 Å². The molecular formula is C20H33N3O4S. The molecule has 158 valence electrons. The number of sulfone groups is 1. The minimum Gasteiger partial charge on any atom is -0.381 e. The van der Waals surface area contributed by atoms with E-state index in [0.29, 0.717) is 17.5 Å². The number of hydrogen-bond donors (Lipinski definition) is 2. The molecule has 1 aliphatic heterocycles. The van der Waals surface area contributed by atoms with Crippen LogP contribution in [-0.4, -0.2) is 59.6 Å². The second-order valence-electron chi connectivity index (χ2n) is 7.03. The quantitative estimate of drug-likeness (QED) is 0.367. The van der Waals surface area contributed by atoms with E-state index in [1.54, 1.807) is 6.07 Å². The SMILES string of the molecule is CCNC(=NCc1ccc(S(C)(=O)=O)c(C)c1)NCCCOC1CCOCC1. The van der Waals surface area contributed by atoms with Gasteiger partial charge in [-0.2, -0.15) is 0 Å². The first-order valence-electron chi connectivity index (χ1n) is 9.91. The smallest absolute Gasteiger partial charge is 0.191 e. The minimum absolute atomic E-state index is 0.328. The molecule has 0 aromatic heterocycles. The molecule has 1 heterocycles. The lowest BCUT2D eigenvalue weighted by Crippen LogP contribution is -2.38. The molecule has 2 rings (SSSR count). The molecule has 0 unspecified atom stereocenters. The van der Waals surface area contributed by atoms with Crippen molar-refractivity contribution in [2.24, 2.45) is 4.99 Å². The third-order valence-electron chi connectivity index (χ3n) is 4.54. The van der Waals surface area contributed by atoms with Gasteiger partial charge in [-0.05, 0) is 50.3 Å². The van der Waals surface area contributed by atoms with Crippen molar-refractivity contribution in [1.29, 1.82) is 0 Å². The van der Waals surface area contributed by atoms with Gasteiger partial charge in [-0.15, -0.1) is 0 Å². The number of aryl methyl sites for hydroxylation is 1. The van der Waals surface area contributed by atoms with E-state index in [1.165, 1.54) is 6.26 Å². The molecule has 28 heavy (non-hydrogen) atoms. The summed E-state index contributed by atoms with van der Waals surface area (Å²) in [5.74, 6) is 0.749. The summed E-state index contributed by atoms with van der Waals surface area (Å²) in [6.07, 6.45) is 4.42. The zero-order valence-electron chi connectivity index (χ0n) is 17.2. The lowest BCUT2D eigenvalue weighted by Gasteiger charge is -2.22. The molecule has 1 aliphatic rings. The van der Waals surface area contributed by atoms with Gasteiger partial charge in [0.2, 0.25) is 0 Å². The number of nitrogens with zero attached hydrogens (tertiary/aromatic N) is 1. The molecule has 0 aliphatic carbocycles. The molecule has 0 saturated carbocycles. The average molecular weight is 412 g/mol. The van der Waals surface area contributed by atoms with E-state index in [4.69, 9.17) is 9.47 Å². The Bertz CT molecular complexity index is 744. The Morgan fingerprint density at radius 3 is 2.68 bits per heavy atom. The summed E-state index contributed by atoms with van der Waals surface area (Å²) in [5.41, 5.74) is 1.73. The maximum atomic E-state index is 11.7. The molecule has 0 spiro atoms. The molecule has 1 fully saturated rings. The van der Waals surface area contributed by atoms with Gasteiger partial charge in [-0.25, -0.2) is 13.4 Å². The average Bonchev–Trinajstić information content (AvgIpc) is 2.65. The van der Waals surface area contributed by atoms with E-state index in [1.807, 2.05) is 26.0 Å². The minimum atomic E-state index is -3.20. The van der Waals surface area contributed by atoms with Gasteiger partial charge in [-0.3, -0.25) is 0 Å². The Hall–Kier alpha value is -1.64. The van der Waals surface area contributed by atoms with Gasteiger partial charge >= 0.3 is 0 Å². The first-order valence-corrected chi connectivity index (χ1v) is 11.8. The van der Waals surface area contributed by atoms with Gasteiger partial charge in [0, 0.05) is 39.2 Å². The second-order valence-corrected chi connectivity index (χ2v) is 9.01. The van der Waals surface area contributed by atoms with Crippen LogP contribution in [0.4, 0.5) is 0 Å². The van der Waals surface area contributed by atoms with E-state index in [2.05, 4.69) is 15.6 Å². The predicted molar refractivity (Wildman–Crippen MR) is 112 cm³/mol. The van der Waals surface area contributed by atoms with Gasteiger partial charge in [0.25, 0.3) is 0 Å². The van der Waals surface area contributed by atoms with E-state index in [9.17, 15) is 8.42 Å². The normalized spacial score (nSPS) is 16.2. The first-order chi connectivity index (χ1) is 13.4. The number of nitrogens with one attached hydrogen (secondary N) is 2. The Labute approximate surface area is 168 Å². The van der Waals surface area contributed by atoms with Crippen LogP contribution in [0.3, 0.4) is 0 Å². The lowest BCUT2D eigenvalue weighted by molar-refractivity contribution is -0.0320. The molecule has 2 N–H and O–H groups in total. The molecule has 0 amide bonds. The largest absolute Gasteiger partial charge is 0.381 e. The van der Waals surface area contributed by atoms with E-state index < -0.39 is 9.84 Å². The zero-order valence-corrected chi connectivity index (χ0v) is 18.0. The van der Waals surface area contributed by atoms with Crippen LogP contribution >= 0.6 is 0 Å². The summed E-state index contributed by atoms with van der Waals surface area (Å²) in [4.78, 5) is 4.96. The van der Waals surface area contributed by atoms with Crippen molar-refractivity contribution in [2.45, 2.75) is 50.7 Å². The van der Waals surface area contributed by atoms with Gasteiger partial charge in [0.05, 0.1) is 17.5 Å². The van der Waals surface area contributed by atoms with E-state index in [-0.39, 0.29) is 0 Å². The van der Waals surface area contributed by atoms with Crippen molar-refractivity contribution in [3.8, 4) is 0 Å². The maximum absolute atomic E-state index is 11.7. The van der Waals surface area contributed by atoms with E-state index >= 15 is 0 Å². The monoisotopic (exact) mass is 411 g/mol. The number of aliphatic imine (C=N–C) groups is 1. The van der Waals surface area contributed by atoms with Crippen molar-refractivity contribution >= 4 is 15.8 Å². The highest BCUT2D eigenvalue weighted by molar-refractivity contribution is 7.90. The fourth-order valence-electron chi connectivity index (χ4n) is 3.11. The van der Waals surface area contributed by atoms with Crippen LogP contribution in [0.1, 0.15) is 37.3 Å². The lowest BCUT2D eigenvalue weighted by atomic mass is 10.1. The molecule has 0 radical (unpaired) electrons. The molecule has 1 aromatic carbocycles. The van der Waals surface area contributed by atoms with Gasteiger partial charge < -0.3 is 20.1 Å². The maximum Gasteiger partial charge on any atom is 0.191 e. The molecule has 7 nitrogen and oxygen atoms in total. The summed E-state index contributed by atoms with van der Waals surface area (Å²) >= 11 is 0. The highest BCUT2D eigenvalue weighted by Crippen LogP contribution is 2.17. The van der Waals surface area contributed by atoms with Crippen LogP contribution in [0.25, 0.3) is 0 Å². The standard InChI is InChI=1S/C20H33N3O4S/c1-4-21-20(22-10-5-11-27-18-8-12-26-13-9-18)23-15-17-6-7-19(16(2)14-17)28(3,24)25/h6-7,14,18H,4-5,8-13,15H2,1-3H3,(H2,21,22,23). The highest BCUT2D eigenvalue weighted by Gasteiger charge is 2.13. The Morgan fingerprint density at radius 2 is 2.04 bits per heavy atom. The Balaban J connectivity index is 1.80. The third-order valence-corrected chi connectivity index (χ3v) is 5.80. The molecule has 0 atom stereocenters. The Morgan fingerprint density at radius 1 is 1.29 bits per heavy atom. The first kappa shape index (κ1) is 22.6. The molecule has 8 heteroatoms. The van der Waals surface area contributed by atoms with Crippen LogP contribution in [0.5, 0.6) is 0 Å². The summed E-state index contributed by atoms with van der Waals surface area (Å²) < 4.78 is 34.7. The fraction of sp³-hybridized carbons (Fsp3) is 0.650. The van der Waals surface area contributed by atoms with Gasteiger partial charge in [0.15, 0.2) is 15.8 Å². The third kappa shape index (κ3) is 7.77. The summed E-state index contributed by atoms with van der Waals surface area (Å²) in [6, 6.07) is 5.35. The molecule has 1 saturated heterocycles. The van der Waals surface area contributed by atoms with Crippen molar-refractivity contribution in [3.05, 3.63) is 29.3 Å². The van der Waals surface area contributed by atoms with Crippen LogP contribution in [0, 0.1) is 6.92 Å². The zero-order chi connectivity index (χ0) is 20.4. The number of ether oxygens (including phenoxy) is 2. The fourth-order valence-corrected chi connectivity index (χ4v) is 4.07. The van der Waals surface area contributed by atoms with E-state index in [0.717, 1.165) is 69.3 Å². The topological polar surface area (TPSA) is 89.0 Å². The number of rotatable bonds is 9. The van der Waals surface area contributed by atoms with Crippen LogP contribution in [0.15, 0.2) is 28.1 Å². The Kier molecular flexibility index (Phi) is 9.21. The molecular weight excluding hydrogens is 378 g/mol. The highest BCUT2D eigenvalue weighted by atomic mass is 32.2. The van der Waals surface area contributed by atoms with Crippen molar-refractivity contribution in [2.75, 3.05) is 39.2 Å². The van der Waals surface area contributed by atoms with Crippen molar-refractivity contribution in [3.63, 3.8) is 0 Å². The summed E-state index contributed by atoms with van der Waals surface area (Å²) in [5, 5.41) is 6.55. The van der Waals surface area contributed by atoms with Gasteiger partial charge in [-0.1, -0.05) is 12.1 Å². The summed E-state index contributed by atoms with van der Waals surface area (Å²) in [7, 11) is -3.20. The molecule has 0 bridgehead atoms. The van der Waals surface area contributed by atoms with Crippen LogP contribution < -0.4 is 10.6 Å². The number of guanidine groups is 1. The predicted octanol–water partition coefficient (Wildman–Crippen LogP) is 2.04. The van der Waals surface area contributed by atoms with Crippen LogP contribution in [0.2, 0.25) is 0 Å². The molecule has 1 aromatic rings. The number of hydrogen-bond acceptors (Lipinski definition) is 5. The van der Waals surface area contributed by atoms with Crippen molar-refractivity contribution < 1.29 is 17.9 Å². The second kappa shape index (κ2) is 11.4. The number of benzene rings is 1.